The third kappa shape index (κ3) is 4.69. The summed E-state index contributed by atoms with van der Waals surface area (Å²) in [5.74, 6) is 0.585. The quantitative estimate of drug-likeness (QED) is 0.274. The van der Waals surface area contributed by atoms with Crippen molar-refractivity contribution in [2.75, 3.05) is 25.4 Å². The van der Waals surface area contributed by atoms with Crippen LogP contribution in [-0.2, 0) is 26.1 Å². The van der Waals surface area contributed by atoms with Gasteiger partial charge in [-0.15, -0.1) is 10.2 Å². The Kier molecular flexibility index (Phi) is 6.35. The van der Waals surface area contributed by atoms with Crippen LogP contribution in [0.3, 0.4) is 0 Å². The minimum absolute atomic E-state index is 0.203. The van der Waals surface area contributed by atoms with E-state index in [9.17, 15) is 13.2 Å². The molecule has 1 aliphatic heterocycles. The van der Waals surface area contributed by atoms with Gasteiger partial charge in [-0.3, -0.25) is 0 Å². The minimum atomic E-state index is -4.58. The molecule has 34 heavy (non-hydrogen) atoms. The molecule has 0 spiro atoms. The summed E-state index contributed by atoms with van der Waals surface area (Å²) in [6, 6.07) is 13.5. The Balaban J connectivity index is 1.17. The van der Waals surface area contributed by atoms with Crippen LogP contribution in [0, 0.1) is 0 Å². The molecule has 2 aromatic carbocycles. The van der Waals surface area contributed by atoms with Crippen molar-refractivity contribution in [2.24, 2.45) is 7.05 Å². The van der Waals surface area contributed by atoms with Gasteiger partial charge in [0.1, 0.15) is 5.52 Å². The van der Waals surface area contributed by atoms with Crippen molar-refractivity contribution in [1.82, 2.24) is 24.6 Å². The molecule has 5 rings (SSSR count). The van der Waals surface area contributed by atoms with E-state index in [1.165, 1.54) is 0 Å². The van der Waals surface area contributed by atoms with E-state index in [0.29, 0.717) is 11.9 Å². The number of fused-ring (bicyclic) bond motifs is 3. The van der Waals surface area contributed by atoms with Crippen LogP contribution in [0.4, 0.5) is 13.2 Å². The lowest BCUT2D eigenvalue weighted by atomic mass is 10.0. The summed E-state index contributed by atoms with van der Waals surface area (Å²) in [5, 5.41) is 9.55. The summed E-state index contributed by atoms with van der Waals surface area (Å²) >= 11 is 1.68. The molecular formula is C24H24F3N5OS. The van der Waals surface area contributed by atoms with Gasteiger partial charge in [0.2, 0.25) is 0 Å². The van der Waals surface area contributed by atoms with E-state index < -0.39 is 12.1 Å². The maximum atomic E-state index is 13.0. The lowest BCUT2D eigenvalue weighted by Crippen LogP contribution is -2.27. The second-order valence-electron chi connectivity index (χ2n) is 8.34. The number of alkyl halides is 3. The van der Waals surface area contributed by atoms with Crippen LogP contribution in [0.1, 0.15) is 23.4 Å². The number of hydrogen-bond donors (Lipinski definition) is 0. The summed E-state index contributed by atoms with van der Waals surface area (Å²) in [4.78, 5) is 6.14. The number of nitrogens with zero attached hydrogens (tertiary/aromatic N) is 5. The van der Waals surface area contributed by atoms with Gasteiger partial charge in [0.05, 0.1) is 0 Å². The third-order valence-corrected chi connectivity index (χ3v) is 7.20. The number of benzene rings is 2. The van der Waals surface area contributed by atoms with Crippen molar-refractivity contribution in [1.29, 1.82) is 0 Å². The molecule has 0 unspecified atom stereocenters. The van der Waals surface area contributed by atoms with E-state index in [4.69, 9.17) is 4.42 Å². The molecule has 0 saturated carbocycles. The highest BCUT2D eigenvalue weighted by Gasteiger charge is 2.38. The van der Waals surface area contributed by atoms with Gasteiger partial charge in [-0.25, -0.2) is 4.98 Å². The largest absolute Gasteiger partial charge is 0.468 e. The van der Waals surface area contributed by atoms with Crippen molar-refractivity contribution < 1.29 is 17.6 Å². The van der Waals surface area contributed by atoms with E-state index in [-0.39, 0.29) is 5.58 Å². The molecule has 178 valence electrons. The van der Waals surface area contributed by atoms with Crippen molar-refractivity contribution in [3.63, 3.8) is 0 Å². The van der Waals surface area contributed by atoms with Crippen LogP contribution in [0.25, 0.3) is 22.5 Å². The maximum absolute atomic E-state index is 13.0. The van der Waals surface area contributed by atoms with E-state index in [1.54, 1.807) is 17.8 Å². The lowest BCUT2D eigenvalue weighted by molar-refractivity contribution is -0.156. The Morgan fingerprint density at radius 2 is 1.82 bits per heavy atom. The highest BCUT2D eigenvalue weighted by Crippen LogP contribution is 2.34. The van der Waals surface area contributed by atoms with Crippen LogP contribution in [0.15, 0.2) is 52.0 Å². The summed E-state index contributed by atoms with van der Waals surface area (Å²) < 4.78 is 46.1. The second-order valence-corrected chi connectivity index (χ2v) is 9.40. The summed E-state index contributed by atoms with van der Waals surface area (Å²) in [5.41, 5.74) is 3.52. The van der Waals surface area contributed by atoms with Gasteiger partial charge in [0.15, 0.2) is 16.6 Å². The molecule has 0 bridgehead atoms. The molecular weight excluding hydrogens is 463 g/mol. The SMILES string of the molecule is Cn1c(SCCCN2CCc3ccc4oc(C(F)(F)F)nc4c3CC2)nnc1-c1ccccc1. The molecule has 0 radical (unpaired) electrons. The lowest BCUT2D eigenvalue weighted by Gasteiger charge is -2.19. The molecule has 3 heterocycles. The van der Waals surface area contributed by atoms with Gasteiger partial charge >= 0.3 is 12.1 Å². The molecule has 6 nitrogen and oxygen atoms in total. The van der Waals surface area contributed by atoms with Gasteiger partial charge in [0.25, 0.3) is 0 Å². The van der Waals surface area contributed by atoms with Crippen LogP contribution in [0.2, 0.25) is 0 Å². The van der Waals surface area contributed by atoms with Crippen molar-refractivity contribution in [3.8, 4) is 11.4 Å². The fourth-order valence-electron chi connectivity index (χ4n) is 4.34. The number of thioether (sulfide) groups is 1. The molecule has 2 aromatic heterocycles. The van der Waals surface area contributed by atoms with Crippen molar-refractivity contribution in [2.45, 2.75) is 30.6 Å². The smallest absolute Gasteiger partial charge is 0.433 e. The van der Waals surface area contributed by atoms with Crippen LogP contribution >= 0.6 is 11.8 Å². The predicted molar refractivity (Wildman–Crippen MR) is 125 cm³/mol. The first-order valence-corrected chi connectivity index (χ1v) is 12.2. The molecule has 0 aliphatic carbocycles. The Hall–Kier alpha value is -2.85. The first-order valence-electron chi connectivity index (χ1n) is 11.2. The van der Waals surface area contributed by atoms with E-state index in [1.807, 2.05) is 48.0 Å². The summed E-state index contributed by atoms with van der Waals surface area (Å²) in [6.45, 7) is 2.57. The van der Waals surface area contributed by atoms with Gasteiger partial charge in [0, 0.05) is 31.5 Å². The molecule has 1 aliphatic rings. The maximum Gasteiger partial charge on any atom is 0.468 e. The highest BCUT2D eigenvalue weighted by molar-refractivity contribution is 7.99. The van der Waals surface area contributed by atoms with Gasteiger partial charge in [-0.2, -0.15) is 13.2 Å². The van der Waals surface area contributed by atoms with Gasteiger partial charge < -0.3 is 13.9 Å². The number of aromatic nitrogens is 4. The number of halogens is 3. The van der Waals surface area contributed by atoms with Crippen LogP contribution in [0.5, 0.6) is 0 Å². The Bertz CT molecular complexity index is 1290. The topological polar surface area (TPSA) is 60.0 Å². The monoisotopic (exact) mass is 487 g/mol. The van der Waals surface area contributed by atoms with Crippen LogP contribution in [-0.4, -0.2) is 50.0 Å². The number of hydrogen-bond acceptors (Lipinski definition) is 6. The number of oxazole rings is 1. The van der Waals surface area contributed by atoms with E-state index in [2.05, 4.69) is 20.1 Å². The summed E-state index contributed by atoms with van der Waals surface area (Å²) in [7, 11) is 1.98. The fraction of sp³-hybridized carbons (Fsp3) is 0.375. The van der Waals surface area contributed by atoms with Gasteiger partial charge in [-0.05, 0) is 43.0 Å². The van der Waals surface area contributed by atoms with Crippen LogP contribution < -0.4 is 0 Å². The Labute approximate surface area is 199 Å². The molecule has 0 atom stereocenters. The minimum Gasteiger partial charge on any atom is -0.433 e. The molecule has 0 fully saturated rings. The normalized spacial score (nSPS) is 14.9. The number of rotatable bonds is 6. The molecule has 0 saturated heterocycles. The zero-order valence-electron chi connectivity index (χ0n) is 18.7. The first kappa shape index (κ1) is 22.9. The van der Waals surface area contributed by atoms with Crippen molar-refractivity contribution >= 4 is 22.9 Å². The van der Waals surface area contributed by atoms with Crippen molar-refractivity contribution in [3.05, 3.63) is 59.5 Å². The Morgan fingerprint density at radius 1 is 1.03 bits per heavy atom. The summed E-state index contributed by atoms with van der Waals surface area (Å²) in [6.07, 6.45) is -2.15. The molecule has 10 heteroatoms. The zero-order chi connectivity index (χ0) is 23.7. The fourth-order valence-corrected chi connectivity index (χ4v) is 5.17. The van der Waals surface area contributed by atoms with E-state index >= 15 is 0 Å². The van der Waals surface area contributed by atoms with E-state index in [0.717, 1.165) is 65.9 Å². The first-order chi connectivity index (χ1) is 16.4. The predicted octanol–water partition coefficient (Wildman–Crippen LogP) is 5.23. The zero-order valence-corrected chi connectivity index (χ0v) is 19.5. The average Bonchev–Trinajstić information content (AvgIpc) is 3.36. The third-order valence-electron chi connectivity index (χ3n) is 6.10. The molecule has 0 amide bonds. The Morgan fingerprint density at radius 3 is 2.62 bits per heavy atom. The average molecular weight is 488 g/mol. The second kappa shape index (κ2) is 9.42. The highest BCUT2D eigenvalue weighted by atomic mass is 32.2. The molecule has 4 aromatic rings. The molecule has 0 N–H and O–H groups in total. The van der Waals surface area contributed by atoms with Gasteiger partial charge in [-0.1, -0.05) is 48.2 Å². The standard InChI is InChI=1S/C24H24F3N5OS/c1-31-21(17-6-3-2-4-7-17)29-30-23(31)34-15-5-12-32-13-10-16-8-9-19-20(18(16)11-14-32)28-22(33-19)24(25,26)27/h2-4,6-9H,5,10-15H2,1H3.